The molecular weight excluding hydrogens is 296 g/mol. The van der Waals surface area contributed by atoms with Crippen molar-refractivity contribution in [2.45, 2.75) is 71.3 Å². The molecule has 2 amide bonds. The SMILES string of the molecule is CC(C)C[C@H](NC(=O)CNC(=O)CCC1CCCCC1)C(=O)O. The third-order valence-electron chi connectivity index (χ3n) is 4.29. The molecule has 1 fully saturated rings. The minimum atomic E-state index is -1.05. The first-order valence-corrected chi connectivity index (χ1v) is 8.67. The van der Waals surface area contributed by atoms with Crippen molar-refractivity contribution in [2.75, 3.05) is 6.54 Å². The Morgan fingerprint density at radius 1 is 1.09 bits per heavy atom. The summed E-state index contributed by atoms with van der Waals surface area (Å²) in [6.07, 6.45) is 7.88. The maximum Gasteiger partial charge on any atom is 0.326 e. The maximum absolute atomic E-state index is 11.8. The molecule has 0 spiro atoms. The molecule has 1 aliphatic carbocycles. The zero-order valence-corrected chi connectivity index (χ0v) is 14.3. The van der Waals surface area contributed by atoms with Gasteiger partial charge in [0.2, 0.25) is 11.8 Å². The Balaban J connectivity index is 2.22. The van der Waals surface area contributed by atoms with Gasteiger partial charge in [-0.05, 0) is 24.7 Å². The lowest BCUT2D eigenvalue weighted by atomic mass is 9.86. The molecule has 1 rings (SSSR count). The van der Waals surface area contributed by atoms with E-state index in [1.54, 1.807) is 0 Å². The summed E-state index contributed by atoms with van der Waals surface area (Å²) in [7, 11) is 0. The second kappa shape index (κ2) is 10.2. The second-order valence-corrected chi connectivity index (χ2v) is 6.91. The zero-order chi connectivity index (χ0) is 17.2. The van der Waals surface area contributed by atoms with E-state index in [1.165, 1.54) is 32.1 Å². The molecule has 0 aromatic heterocycles. The molecule has 1 aliphatic rings. The average Bonchev–Trinajstić information content (AvgIpc) is 2.50. The minimum Gasteiger partial charge on any atom is -0.480 e. The van der Waals surface area contributed by atoms with Gasteiger partial charge in [-0.1, -0.05) is 46.0 Å². The van der Waals surface area contributed by atoms with Crippen LogP contribution in [0.1, 0.15) is 65.2 Å². The van der Waals surface area contributed by atoms with Crippen LogP contribution >= 0.6 is 0 Å². The van der Waals surface area contributed by atoms with E-state index in [4.69, 9.17) is 5.11 Å². The van der Waals surface area contributed by atoms with Gasteiger partial charge in [0.1, 0.15) is 6.04 Å². The number of aliphatic carboxylic acids is 1. The van der Waals surface area contributed by atoms with E-state index >= 15 is 0 Å². The first-order valence-electron chi connectivity index (χ1n) is 8.67. The van der Waals surface area contributed by atoms with Crippen molar-refractivity contribution >= 4 is 17.8 Å². The van der Waals surface area contributed by atoms with E-state index in [-0.39, 0.29) is 18.4 Å². The Labute approximate surface area is 138 Å². The maximum atomic E-state index is 11.8. The van der Waals surface area contributed by atoms with Gasteiger partial charge >= 0.3 is 5.97 Å². The summed E-state index contributed by atoms with van der Waals surface area (Å²) in [6, 6.07) is -0.901. The number of hydrogen-bond donors (Lipinski definition) is 3. The van der Waals surface area contributed by atoms with Crippen LogP contribution in [0.15, 0.2) is 0 Å². The number of nitrogens with one attached hydrogen (secondary N) is 2. The van der Waals surface area contributed by atoms with Crippen LogP contribution in [-0.2, 0) is 14.4 Å². The molecule has 1 atom stereocenters. The van der Waals surface area contributed by atoms with E-state index in [1.807, 2.05) is 13.8 Å². The lowest BCUT2D eigenvalue weighted by molar-refractivity contribution is -0.142. The van der Waals surface area contributed by atoms with Gasteiger partial charge in [0.05, 0.1) is 6.54 Å². The van der Waals surface area contributed by atoms with Crippen LogP contribution in [0, 0.1) is 11.8 Å². The summed E-state index contributed by atoms with van der Waals surface area (Å²) in [5.41, 5.74) is 0. The van der Waals surface area contributed by atoms with Gasteiger partial charge in [-0.3, -0.25) is 9.59 Å². The summed E-state index contributed by atoms with van der Waals surface area (Å²) >= 11 is 0. The first-order chi connectivity index (χ1) is 10.9. The third kappa shape index (κ3) is 8.57. The van der Waals surface area contributed by atoms with Crippen LogP contribution in [0.25, 0.3) is 0 Å². The normalized spacial score (nSPS) is 16.8. The molecule has 0 aromatic carbocycles. The number of rotatable bonds is 9. The van der Waals surface area contributed by atoms with Gasteiger partial charge in [0.25, 0.3) is 0 Å². The molecule has 23 heavy (non-hydrogen) atoms. The number of carbonyl (C=O) groups excluding carboxylic acids is 2. The fourth-order valence-corrected chi connectivity index (χ4v) is 3.02. The summed E-state index contributed by atoms with van der Waals surface area (Å²) in [4.78, 5) is 34.6. The van der Waals surface area contributed by atoms with Crippen molar-refractivity contribution in [1.82, 2.24) is 10.6 Å². The topological polar surface area (TPSA) is 95.5 Å². The zero-order valence-electron chi connectivity index (χ0n) is 14.3. The highest BCUT2D eigenvalue weighted by molar-refractivity contribution is 5.87. The standard InChI is InChI=1S/C17H30N2O4/c1-12(2)10-14(17(22)23)19-16(21)11-18-15(20)9-8-13-6-4-3-5-7-13/h12-14H,3-11H2,1-2H3,(H,18,20)(H,19,21)(H,22,23)/t14-/m0/s1. The smallest absolute Gasteiger partial charge is 0.326 e. The van der Waals surface area contributed by atoms with Crippen LogP contribution < -0.4 is 10.6 Å². The number of carboxylic acids is 1. The molecule has 132 valence electrons. The average molecular weight is 326 g/mol. The monoisotopic (exact) mass is 326 g/mol. The summed E-state index contributed by atoms with van der Waals surface area (Å²) < 4.78 is 0. The molecule has 1 saturated carbocycles. The molecule has 0 aliphatic heterocycles. The molecule has 0 saturated heterocycles. The number of carbonyl (C=O) groups is 3. The Bertz CT molecular complexity index is 403. The van der Waals surface area contributed by atoms with Crippen molar-refractivity contribution in [3.05, 3.63) is 0 Å². The predicted octanol–water partition coefficient (Wildman–Crippen LogP) is 2.08. The molecule has 3 N–H and O–H groups in total. The van der Waals surface area contributed by atoms with Crippen molar-refractivity contribution in [1.29, 1.82) is 0 Å². The predicted molar refractivity (Wildman–Crippen MR) is 87.8 cm³/mol. The van der Waals surface area contributed by atoms with E-state index < -0.39 is 17.9 Å². The van der Waals surface area contributed by atoms with Crippen molar-refractivity contribution in [3.8, 4) is 0 Å². The largest absolute Gasteiger partial charge is 0.480 e. The fourth-order valence-electron chi connectivity index (χ4n) is 3.02. The number of hydrogen-bond acceptors (Lipinski definition) is 3. The first kappa shape index (κ1) is 19.5. The van der Waals surface area contributed by atoms with Crippen molar-refractivity contribution in [3.63, 3.8) is 0 Å². The highest BCUT2D eigenvalue weighted by Gasteiger charge is 2.21. The summed E-state index contributed by atoms with van der Waals surface area (Å²) in [6.45, 7) is 3.63. The quantitative estimate of drug-likeness (QED) is 0.604. The van der Waals surface area contributed by atoms with E-state index in [2.05, 4.69) is 10.6 Å². The molecule has 6 heteroatoms. The van der Waals surface area contributed by atoms with E-state index in [0.29, 0.717) is 18.8 Å². The molecule has 6 nitrogen and oxygen atoms in total. The third-order valence-corrected chi connectivity index (χ3v) is 4.29. The molecular formula is C17H30N2O4. The molecule has 0 heterocycles. The fraction of sp³-hybridized carbons (Fsp3) is 0.824. The van der Waals surface area contributed by atoms with Crippen LogP contribution in [0.4, 0.5) is 0 Å². The Hall–Kier alpha value is -1.59. The van der Waals surface area contributed by atoms with Crippen molar-refractivity contribution < 1.29 is 19.5 Å². The molecule has 0 radical (unpaired) electrons. The van der Waals surface area contributed by atoms with Crippen LogP contribution in [-0.4, -0.2) is 35.5 Å². The van der Waals surface area contributed by atoms with Gasteiger partial charge < -0.3 is 15.7 Å². The highest BCUT2D eigenvalue weighted by Crippen LogP contribution is 2.27. The Morgan fingerprint density at radius 2 is 1.74 bits per heavy atom. The summed E-state index contributed by atoms with van der Waals surface area (Å²) in [5.74, 6) is -0.839. The van der Waals surface area contributed by atoms with Crippen LogP contribution in [0.3, 0.4) is 0 Å². The molecule has 0 aromatic rings. The van der Waals surface area contributed by atoms with Crippen LogP contribution in [0.5, 0.6) is 0 Å². The highest BCUT2D eigenvalue weighted by atomic mass is 16.4. The summed E-state index contributed by atoms with van der Waals surface area (Å²) in [5, 5.41) is 14.1. The van der Waals surface area contributed by atoms with Crippen LogP contribution in [0.2, 0.25) is 0 Å². The number of amides is 2. The Kier molecular flexibility index (Phi) is 8.66. The van der Waals surface area contributed by atoms with Gasteiger partial charge in [-0.2, -0.15) is 0 Å². The van der Waals surface area contributed by atoms with Crippen molar-refractivity contribution in [2.24, 2.45) is 11.8 Å². The molecule has 0 bridgehead atoms. The minimum absolute atomic E-state index is 0.138. The van der Waals surface area contributed by atoms with Gasteiger partial charge in [-0.15, -0.1) is 0 Å². The van der Waals surface area contributed by atoms with E-state index in [9.17, 15) is 14.4 Å². The molecule has 0 unspecified atom stereocenters. The van der Waals surface area contributed by atoms with Gasteiger partial charge in [-0.25, -0.2) is 4.79 Å². The van der Waals surface area contributed by atoms with Gasteiger partial charge in [0, 0.05) is 6.42 Å². The number of carboxylic acid groups (broad SMARTS) is 1. The lowest BCUT2D eigenvalue weighted by Gasteiger charge is -2.21. The van der Waals surface area contributed by atoms with E-state index in [0.717, 1.165) is 6.42 Å². The second-order valence-electron chi connectivity index (χ2n) is 6.91. The lowest BCUT2D eigenvalue weighted by Crippen LogP contribution is -2.46. The Morgan fingerprint density at radius 3 is 2.30 bits per heavy atom. The van der Waals surface area contributed by atoms with Gasteiger partial charge in [0.15, 0.2) is 0 Å².